The molecule has 10 heteroatoms. The zero-order valence-corrected chi connectivity index (χ0v) is 20.8. The molecule has 0 atom stereocenters. The van der Waals surface area contributed by atoms with Crippen LogP contribution in [-0.4, -0.2) is 45.6 Å². The molecule has 0 spiro atoms. The predicted octanol–water partition coefficient (Wildman–Crippen LogP) is 4.76. The van der Waals surface area contributed by atoms with Crippen LogP contribution in [-0.2, 0) is 10.0 Å². The van der Waals surface area contributed by atoms with Crippen LogP contribution in [0.5, 0.6) is 11.5 Å². The number of sulfonamides is 1. The van der Waals surface area contributed by atoms with Crippen LogP contribution >= 0.6 is 0 Å². The van der Waals surface area contributed by atoms with E-state index in [-0.39, 0.29) is 12.1 Å². The Labute approximate surface area is 210 Å². The number of rotatable bonds is 7. The van der Waals surface area contributed by atoms with Crippen LogP contribution < -0.4 is 10.5 Å². The quantitative estimate of drug-likeness (QED) is 0.386. The van der Waals surface area contributed by atoms with Gasteiger partial charge in [-0.15, -0.1) is 0 Å². The van der Waals surface area contributed by atoms with Gasteiger partial charge < -0.3 is 10.5 Å². The minimum absolute atomic E-state index is 0.0672. The number of nitrogens with two attached hydrogens (primary N) is 1. The normalized spacial score (nSPS) is 18.4. The molecule has 2 heterocycles. The Morgan fingerprint density at radius 2 is 1.69 bits per heavy atom. The maximum absolute atomic E-state index is 12.2. The number of para-hydroxylation sites is 1. The van der Waals surface area contributed by atoms with Gasteiger partial charge in [0.1, 0.15) is 29.3 Å². The van der Waals surface area contributed by atoms with Crippen molar-refractivity contribution >= 4 is 26.9 Å². The summed E-state index contributed by atoms with van der Waals surface area (Å²) in [6.07, 6.45) is 4.43. The second-order valence-electron chi connectivity index (χ2n) is 8.88. The Balaban J connectivity index is 1.42. The first-order valence-corrected chi connectivity index (χ1v) is 13.3. The maximum Gasteiger partial charge on any atom is 0.235 e. The van der Waals surface area contributed by atoms with Gasteiger partial charge in [0.05, 0.1) is 11.4 Å². The van der Waals surface area contributed by atoms with Crippen LogP contribution in [0.25, 0.3) is 22.3 Å². The van der Waals surface area contributed by atoms with Crippen LogP contribution in [0.3, 0.4) is 0 Å². The van der Waals surface area contributed by atoms with E-state index in [1.807, 2.05) is 59.3 Å². The Morgan fingerprint density at radius 3 is 2.36 bits per heavy atom. The summed E-state index contributed by atoms with van der Waals surface area (Å²) in [5.74, 6) is 1.85. The van der Waals surface area contributed by atoms with Gasteiger partial charge in [-0.1, -0.05) is 24.8 Å². The maximum atomic E-state index is 12.2. The van der Waals surface area contributed by atoms with E-state index in [9.17, 15) is 8.42 Å². The van der Waals surface area contributed by atoms with Crippen LogP contribution in [0.15, 0.2) is 72.9 Å². The molecule has 0 unspecified atom stereocenters. The van der Waals surface area contributed by atoms with Crippen LogP contribution in [0.1, 0.15) is 31.7 Å². The molecular formula is C26H28N6O3S. The van der Waals surface area contributed by atoms with Gasteiger partial charge in [0.2, 0.25) is 10.0 Å². The van der Waals surface area contributed by atoms with E-state index in [0.29, 0.717) is 22.5 Å². The van der Waals surface area contributed by atoms with Crippen molar-refractivity contribution in [3.63, 3.8) is 0 Å². The predicted molar refractivity (Wildman–Crippen MR) is 140 cm³/mol. The SMILES string of the molecule is C=CS(=O)(=O)N(C)C1CCC(n2nc(-c3ccc(Oc4ccccc4)cc3)c3c(N)ncnc32)CC1. The first-order chi connectivity index (χ1) is 17.4. The van der Waals surface area contributed by atoms with Gasteiger partial charge in [0, 0.05) is 24.1 Å². The smallest absolute Gasteiger partial charge is 0.235 e. The van der Waals surface area contributed by atoms with Gasteiger partial charge in [0.15, 0.2) is 5.65 Å². The average molecular weight is 505 g/mol. The molecule has 2 N–H and O–H groups in total. The summed E-state index contributed by atoms with van der Waals surface area (Å²) in [4.78, 5) is 8.71. The lowest BCUT2D eigenvalue weighted by atomic mass is 9.91. The lowest BCUT2D eigenvalue weighted by Crippen LogP contribution is -2.38. The van der Waals surface area contributed by atoms with Gasteiger partial charge in [-0.05, 0) is 62.1 Å². The number of nitrogens with zero attached hydrogens (tertiary/aromatic N) is 5. The molecule has 0 saturated heterocycles. The molecule has 2 aromatic carbocycles. The summed E-state index contributed by atoms with van der Waals surface area (Å²) in [6.45, 7) is 3.43. The fourth-order valence-corrected chi connectivity index (χ4v) is 5.61. The molecular weight excluding hydrogens is 476 g/mol. The molecule has 0 bridgehead atoms. The number of anilines is 1. The van der Waals surface area contributed by atoms with Crippen molar-refractivity contribution in [1.29, 1.82) is 0 Å². The molecule has 36 heavy (non-hydrogen) atoms. The summed E-state index contributed by atoms with van der Waals surface area (Å²) >= 11 is 0. The lowest BCUT2D eigenvalue weighted by molar-refractivity contribution is 0.232. The van der Waals surface area contributed by atoms with Gasteiger partial charge in [-0.3, -0.25) is 0 Å². The van der Waals surface area contributed by atoms with Crippen molar-refractivity contribution in [1.82, 2.24) is 24.1 Å². The number of benzene rings is 2. The molecule has 1 aliphatic rings. The van der Waals surface area contributed by atoms with E-state index < -0.39 is 10.0 Å². The van der Waals surface area contributed by atoms with Gasteiger partial charge >= 0.3 is 0 Å². The van der Waals surface area contributed by atoms with E-state index in [1.54, 1.807) is 7.05 Å². The van der Waals surface area contributed by atoms with Crippen molar-refractivity contribution in [3.05, 3.63) is 72.9 Å². The number of hydrogen-bond acceptors (Lipinski definition) is 7. The molecule has 1 fully saturated rings. The van der Waals surface area contributed by atoms with Crippen LogP contribution in [0, 0.1) is 0 Å². The van der Waals surface area contributed by atoms with Crippen molar-refractivity contribution in [2.24, 2.45) is 0 Å². The molecule has 1 saturated carbocycles. The van der Waals surface area contributed by atoms with Crippen LogP contribution in [0.2, 0.25) is 0 Å². The molecule has 186 valence electrons. The highest BCUT2D eigenvalue weighted by Crippen LogP contribution is 2.37. The average Bonchev–Trinajstić information content (AvgIpc) is 3.30. The van der Waals surface area contributed by atoms with Gasteiger partial charge in [0.25, 0.3) is 0 Å². The van der Waals surface area contributed by atoms with E-state index in [0.717, 1.165) is 48.2 Å². The van der Waals surface area contributed by atoms with E-state index in [4.69, 9.17) is 15.6 Å². The molecule has 0 amide bonds. The van der Waals surface area contributed by atoms with Crippen molar-refractivity contribution in [3.8, 4) is 22.8 Å². The lowest BCUT2D eigenvalue weighted by Gasteiger charge is -2.33. The third-order valence-electron chi connectivity index (χ3n) is 6.76. The Morgan fingerprint density at radius 1 is 1.03 bits per heavy atom. The minimum Gasteiger partial charge on any atom is -0.457 e. The molecule has 4 aromatic rings. The monoisotopic (exact) mass is 504 g/mol. The van der Waals surface area contributed by atoms with Gasteiger partial charge in [-0.25, -0.2) is 23.1 Å². The van der Waals surface area contributed by atoms with E-state index in [1.165, 1.54) is 10.6 Å². The number of fused-ring (bicyclic) bond motifs is 1. The van der Waals surface area contributed by atoms with Gasteiger partial charge in [-0.2, -0.15) is 9.40 Å². The summed E-state index contributed by atoms with van der Waals surface area (Å²) in [5, 5.41) is 6.65. The van der Waals surface area contributed by atoms with Crippen molar-refractivity contribution in [2.75, 3.05) is 12.8 Å². The topological polar surface area (TPSA) is 116 Å². The number of aromatic nitrogens is 4. The van der Waals surface area contributed by atoms with E-state index in [2.05, 4.69) is 16.5 Å². The molecule has 1 aliphatic carbocycles. The first-order valence-electron chi connectivity index (χ1n) is 11.8. The molecule has 5 rings (SSSR count). The number of hydrogen-bond donors (Lipinski definition) is 1. The summed E-state index contributed by atoms with van der Waals surface area (Å²) in [5.41, 5.74) is 8.55. The first kappa shape index (κ1) is 24.0. The third kappa shape index (κ3) is 4.57. The summed E-state index contributed by atoms with van der Waals surface area (Å²) in [6, 6.07) is 17.3. The van der Waals surface area contributed by atoms with Crippen molar-refractivity contribution < 1.29 is 13.2 Å². The third-order valence-corrected chi connectivity index (χ3v) is 8.29. The zero-order valence-electron chi connectivity index (χ0n) is 20.0. The number of nitrogen functional groups attached to an aromatic ring is 1. The molecule has 0 radical (unpaired) electrons. The molecule has 0 aliphatic heterocycles. The zero-order chi connectivity index (χ0) is 25.3. The second-order valence-corrected chi connectivity index (χ2v) is 10.8. The molecule has 2 aromatic heterocycles. The van der Waals surface area contributed by atoms with E-state index >= 15 is 0 Å². The fourth-order valence-electron chi connectivity index (χ4n) is 4.75. The fraction of sp³-hybridized carbons (Fsp3) is 0.269. The summed E-state index contributed by atoms with van der Waals surface area (Å²) < 4.78 is 33.7. The largest absolute Gasteiger partial charge is 0.457 e. The Bertz CT molecular complexity index is 1480. The standard InChI is InChI=1S/C26H28N6O3S/c1-3-36(33,34)31(2)19-11-13-20(14-12-19)32-26-23(25(27)28-17-29-26)24(30-32)18-9-15-22(16-10-18)35-21-7-5-4-6-8-21/h3-10,15-17,19-20H,1,11-14H2,2H3,(H2,27,28,29). The highest BCUT2D eigenvalue weighted by molar-refractivity contribution is 7.92. The Kier molecular flexibility index (Phi) is 6.46. The number of ether oxygens (including phenoxy) is 1. The highest BCUT2D eigenvalue weighted by Gasteiger charge is 2.31. The molecule has 9 nitrogen and oxygen atoms in total. The van der Waals surface area contributed by atoms with Crippen molar-refractivity contribution in [2.45, 2.75) is 37.8 Å². The highest BCUT2D eigenvalue weighted by atomic mass is 32.2. The van der Waals surface area contributed by atoms with Crippen LogP contribution in [0.4, 0.5) is 5.82 Å². The second kappa shape index (κ2) is 9.71. The summed E-state index contributed by atoms with van der Waals surface area (Å²) in [7, 11) is -1.83. The Hall–Kier alpha value is -3.76. The minimum atomic E-state index is -3.45.